The molecule has 0 spiro atoms. The molecule has 3 rings (SSSR count). The smallest absolute Gasteiger partial charge is 0.311 e. The van der Waals surface area contributed by atoms with Gasteiger partial charge in [0.2, 0.25) is 6.10 Å². The molecule has 0 saturated heterocycles. The normalized spacial score (nSPS) is 20.3. The Morgan fingerprint density at radius 3 is 2.48 bits per heavy atom. The molecule has 2 aromatic carbocycles. The van der Waals surface area contributed by atoms with Crippen molar-refractivity contribution in [3.05, 3.63) is 71.3 Å². The van der Waals surface area contributed by atoms with E-state index in [4.69, 9.17) is 32.7 Å². The number of rotatable bonds is 8. The van der Waals surface area contributed by atoms with Gasteiger partial charge in [0.1, 0.15) is 17.6 Å². The number of hydrogen-bond donors (Lipinski definition) is 0. The summed E-state index contributed by atoms with van der Waals surface area (Å²) in [6.45, 7) is 3.76. The first kappa shape index (κ1) is 22.9. The van der Waals surface area contributed by atoms with Gasteiger partial charge < -0.3 is 9.47 Å². The SMILES string of the molecule is CC1(C)C(/C=C(\Cl)C(=O)CCl)C1C(=O)OC(C#N)c1cccc(Oc2ccccc2)c1. The fourth-order valence-electron chi connectivity index (χ4n) is 3.48. The molecule has 1 saturated carbocycles. The summed E-state index contributed by atoms with van der Waals surface area (Å²) in [6.07, 6.45) is 0.460. The van der Waals surface area contributed by atoms with E-state index in [1.54, 1.807) is 30.3 Å². The van der Waals surface area contributed by atoms with E-state index in [9.17, 15) is 14.9 Å². The van der Waals surface area contributed by atoms with Crippen molar-refractivity contribution >= 4 is 35.0 Å². The average molecular weight is 458 g/mol. The zero-order valence-corrected chi connectivity index (χ0v) is 18.6. The predicted molar refractivity (Wildman–Crippen MR) is 118 cm³/mol. The number of nitrogens with zero attached hydrogens (tertiary/aromatic N) is 1. The number of Topliss-reactive ketones (excluding diaryl/α,β-unsaturated/α-hetero) is 1. The highest BCUT2D eigenvalue weighted by molar-refractivity contribution is 6.47. The van der Waals surface area contributed by atoms with Gasteiger partial charge in [-0.1, -0.05) is 61.9 Å². The van der Waals surface area contributed by atoms with Crippen molar-refractivity contribution in [3.63, 3.8) is 0 Å². The minimum Gasteiger partial charge on any atom is -0.457 e. The molecule has 1 aliphatic rings. The summed E-state index contributed by atoms with van der Waals surface area (Å²) in [5.74, 6) is -0.744. The summed E-state index contributed by atoms with van der Waals surface area (Å²) in [5, 5.41) is 9.60. The second-order valence-electron chi connectivity index (χ2n) is 7.83. The first-order valence-corrected chi connectivity index (χ1v) is 10.6. The van der Waals surface area contributed by atoms with Gasteiger partial charge in [-0.2, -0.15) is 5.26 Å². The lowest BCUT2D eigenvalue weighted by atomic mass is 10.1. The molecule has 0 radical (unpaired) electrons. The maximum Gasteiger partial charge on any atom is 0.311 e. The minimum absolute atomic E-state index is 0.00553. The molecule has 7 heteroatoms. The maximum atomic E-state index is 12.8. The minimum atomic E-state index is -1.09. The second kappa shape index (κ2) is 9.55. The van der Waals surface area contributed by atoms with Crippen molar-refractivity contribution in [2.75, 3.05) is 5.88 Å². The summed E-state index contributed by atoms with van der Waals surface area (Å²) in [5.41, 5.74) is 0.0624. The van der Waals surface area contributed by atoms with Crippen LogP contribution in [0, 0.1) is 28.6 Å². The number of benzene rings is 2. The molecule has 3 unspecified atom stereocenters. The number of para-hydroxylation sites is 1. The van der Waals surface area contributed by atoms with Crippen LogP contribution in [0.5, 0.6) is 11.5 Å². The fraction of sp³-hybridized carbons (Fsp3) is 0.292. The van der Waals surface area contributed by atoms with E-state index in [-0.39, 0.29) is 16.8 Å². The standard InChI is InChI=1S/C24H21Cl2NO4/c1-24(2)18(12-19(26)20(28)13-25)22(24)23(29)31-21(14-27)15-7-6-10-17(11-15)30-16-8-4-3-5-9-16/h3-12,18,21-22H,13H2,1-2H3/b19-12-. The van der Waals surface area contributed by atoms with Gasteiger partial charge in [-0.3, -0.25) is 9.59 Å². The molecule has 0 aromatic heterocycles. The van der Waals surface area contributed by atoms with Gasteiger partial charge in [-0.15, -0.1) is 11.6 Å². The number of alkyl halides is 1. The first-order valence-electron chi connectivity index (χ1n) is 9.67. The molecule has 2 aromatic rings. The molecule has 0 amide bonds. The molecule has 3 atom stereocenters. The van der Waals surface area contributed by atoms with Crippen LogP contribution in [0.25, 0.3) is 0 Å². The van der Waals surface area contributed by atoms with Crippen LogP contribution < -0.4 is 4.74 Å². The third-order valence-corrected chi connectivity index (χ3v) is 5.95. The molecule has 1 aliphatic carbocycles. The summed E-state index contributed by atoms with van der Waals surface area (Å²) in [7, 11) is 0. The third-order valence-electron chi connectivity index (χ3n) is 5.37. The number of carbonyl (C=O) groups excluding carboxylic acids is 2. The zero-order valence-electron chi connectivity index (χ0n) is 17.0. The van der Waals surface area contributed by atoms with E-state index in [1.807, 2.05) is 50.2 Å². The Balaban J connectivity index is 1.71. The van der Waals surface area contributed by atoms with Gasteiger partial charge in [-0.25, -0.2) is 0 Å². The number of hydrogen-bond acceptors (Lipinski definition) is 5. The Hall–Kier alpha value is -2.81. The van der Waals surface area contributed by atoms with Gasteiger partial charge in [-0.05, 0) is 35.6 Å². The lowest BCUT2D eigenvalue weighted by Crippen LogP contribution is -2.14. The lowest BCUT2D eigenvalue weighted by molar-refractivity contribution is -0.149. The summed E-state index contributed by atoms with van der Waals surface area (Å²) < 4.78 is 11.3. The Kier molecular flexibility index (Phi) is 7.04. The van der Waals surface area contributed by atoms with Crippen LogP contribution in [-0.4, -0.2) is 17.6 Å². The topological polar surface area (TPSA) is 76.4 Å². The van der Waals surface area contributed by atoms with Crippen LogP contribution in [0.15, 0.2) is 65.7 Å². The zero-order chi connectivity index (χ0) is 22.6. The van der Waals surface area contributed by atoms with Crippen LogP contribution in [0.1, 0.15) is 25.5 Å². The molecule has 31 heavy (non-hydrogen) atoms. The largest absolute Gasteiger partial charge is 0.457 e. The van der Waals surface area contributed by atoms with Crippen LogP contribution in [0.4, 0.5) is 0 Å². The molecular weight excluding hydrogens is 437 g/mol. The molecular formula is C24H21Cl2NO4. The van der Waals surface area contributed by atoms with E-state index in [0.29, 0.717) is 17.1 Å². The highest BCUT2D eigenvalue weighted by atomic mass is 35.5. The molecule has 0 heterocycles. The number of halogens is 2. The first-order chi connectivity index (χ1) is 14.8. The average Bonchev–Trinajstić information content (AvgIpc) is 3.31. The number of esters is 1. The predicted octanol–water partition coefficient (Wildman–Crippen LogP) is 5.79. The molecule has 0 aliphatic heterocycles. The number of carbonyl (C=O) groups is 2. The van der Waals surface area contributed by atoms with Crippen molar-refractivity contribution < 1.29 is 19.1 Å². The quantitative estimate of drug-likeness (QED) is 0.284. The molecule has 1 fully saturated rings. The number of ketones is 1. The Bertz CT molecular complexity index is 1040. The Labute approximate surface area is 191 Å². The van der Waals surface area contributed by atoms with E-state index < -0.39 is 29.2 Å². The van der Waals surface area contributed by atoms with Gasteiger partial charge in [0.05, 0.1) is 16.8 Å². The Morgan fingerprint density at radius 2 is 1.84 bits per heavy atom. The van der Waals surface area contributed by atoms with Crippen molar-refractivity contribution in [1.29, 1.82) is 5.26 Å². The van der Waals surface area contributed by atoms with Crippen LogP contribution in [-0.2, 0) is 14.3 Å². The van der Waals surface area contributed by atoms with Crippen molar-refractivity contribution in [2.24, 2.45) is 17.3 Å². The van der Waals surface area contributed by atoms with Crippen LogP contribution in [0.3, 0.4) is 0 Å². The number of ether oxygens (including phenoxy) is 2. The van der Waals surface area contributed by atoms with Gasteiger partial charge in [0.25, 0.3) is 0 Å². The fourth-order valence-corrected chi connectivity index (χ4v) is 3.89. The summed E-state index contributed by atoms with van der Waals surface area (Å²) in [4.78, 5) is 24.4. The molecule has 160 valence electrons. The number of allylic oxidation sites excluding steroid dienone is 2. The summed E-state index contributed by atoms with van der Waals surface area (Å²) >= 11 is 11.5. The van der Waals surface area contributed by atoms with Gasteiger partial charge in [0.15, 0.2) is 5.78 Å². The highest BCUT2D eigenvalue weighted by Gasteiger charge is 2.62. The van der Waals surface area contributed by atoms with E-state index in [2.05, 4.69) is 0 Å². The van der Waals surface area contributed by atoms with Gasteiger partial charge >= 0.3 is 5.97 Å². The van der Waals surface area contributed by atoms with Crippen LogP contribution in [0.2, 0.25) is 0 Å². The third kappa shape index (κ3) is 5.28. The van der Waals surface area contributed by atoms with Crippen molar-refractivity contribution in [1.82, 2.24) is 0 Å². The molecule has 0 N–H and O–H groups in total. The van der Waals surface area contributed by atoms with E-state index in [0.717, 1.165) is 0 Å². The lowest BCUT2D eigenvalue weighted by Gasteiger charge is -2.13. The second-order valence-corrected chi connectivity index (χ2v) is 8.50. The van der Waals surface area contributed by atoms with Crippen molar-refractivity contribution in [2.45, 2.75) is 20.0 Å². The molecule has 0 bridgehead atoms. The maximum absolute atomic E-state index is 12.8. The molecule has 5 nitrogen and oxygen atoms in total. The van der Waals surface area contributed by atoms with Crippen LogP contribution >= 0.6 is 23.2 Å². The van der Waals surface area contributed by atoms with E-state index in [1.165, 1.54) is 0 Å². The van der Waals surface area contributed by atoms with Crippen molar-refractivity contribution in [3.8, 4) is 17.6 Å². The van der Waals surface area contributed by atoms with E-state index >= 15 is 0 Å². The summed E-state index contributed by atoms with van der Waals surface area (Å²) in [6, 6.07) is 18.1. The number of nitriles is 1. The highest BCUT2D eigenvalue weighted by Crippen LogP contribution is 2.60. The van der Waals surface area contributed by atoms with Gasteiger partial charge in [0, 0.05) is 5.56 Å². The Morgan fingerprint density at radius 1 is 1.16 bits per heavy atom. The monoisotopic (exact) mass is 457 g/mol.